The van der Waals surface area contributed by atoms with Crippen LogP contribution < -0.4 is 0 Å². The number of carbonyl (C=O) groups excluding carboxylic acids is 2. The summed E-state index contributed by atoms with van der Waals surface area (Å²) in [6.07, 6.45) is 5.16. The molecule has 0 atom stereocenters. The molecule has 4 rings (SSSR count). The number of amides is 1. The molecule has 1 aliphatic heterocycles. The maximum atomic E-state index is 13.2. The van der Waals surface area contributed by atoms with Crippen molar-refractivity contribution in [1.29, 1.82) is 0 Å². The molecule has 1 fully saturated rings. The highest BCUT2D eigenvalue weighted by Crippen LogP contribution is 2.36. The number of nitrogens with zero attached hydrogens (tertiary/aromatic N) is 4. The molecule has 0 unspecified atom stereocenters. The Kier molecular flexibility index (Phi) is 6.09. The van der Waals surface area contributed by atoms with Crippen LogP contribution in [0.5, 0.6) is 0 Å². The van der Waals surface area contributed by atoms with Crippen molar-refractivity contribution in [3.05, 3.63) is 35.1 Å². The van der Waals surface area contributed by atoms with Crippen molar-refractivity contribution in [1.82, 2.24) is 19.4 Å². The van der Waals surface area contributed by atoms with Crippen LogP contribution in [0, 0.1) is 12.8 Å². The highest BCUT2D eigenvalue weighted by Gasteiger charge is 2.30. The molecule has 4 heterocycles. The highest BCUT2D eigenvalue weighted by molar-refractivity contribution is 7.17. The molecule has 0 N–H and O–H groups in total. The average molecular weight is 441 g/mol. The van der Waals surface area contributed by atoms with Gasteiger partial charge in [0, 0.05) is 42.5 Å². The van der Waals surface area contributed by atoms with E-state index in [1.165, 1.54) is 11.3 Å². The molecule has 0 aromatic carbocycles. The Bertz CT molecular complexity index is 1110. The molecule has 1 saturated heterocycles. The molecule has 0 radical (unpaired) electrons. The van der Waals surface area contributed by atoms with Crippen LogP contribution in [0.4, 0.5) is 0 Å². The topological polar surface area (TPSA) is 77.3 Å². The van der Waals surface area contributed by atoms with Gasteiger partial charge in [0.25, 0.3) is 5.91 Å². The van der Waals surface area contributed by atoms with Crippen LogP contribution in [0.25, 0.3) is 21.6 Å². The van der Waals surface area contributed by atoms with Gasteiger partial charge in [-0.05, 0) is 52.7 Å². The zero-order chi connectivity index (χ0) is 22.1. The van der Waals surface area contributed by atoms with Crippen LogP contribution in [0.3, 0.4) is 0 Å². The Balaban J connectivity index is 1.57. The monoisotopic (exact) mass is 440 g/mol. The van der Waals surface area contributed by atoms with Crippen LogP contribution >= 0.6 is 11.3 Å². The van der Waals surface area contributed by atoms with Crippen molar-refractivity contribution in [2.45, 2.75) is 46.6 Å². The van der Waals surface area contributed by atoms with E-state index in [2.05, 4.69) is 35.7 Å². The Morgan fingerprint density at radius 1 is 1.29 bits per heavy atom. The first kappa shape index (κ1) is 21.5. The molecule has 0 bridgehead atoms. The van der Waals surface area contributed by atoms with Gasteiger partial charge in [0.05, 0.1) is 18.2 Å². The molecule has 3 aromatic heterocycles. The average Bonchev–Trinajstić information content (AvgIpc) is 3.34. The van der Waals surface area contributed by atoms with Crippen LogP contribution in [0.2, 0.25) is 0 Å². The van der Waals surface area contributed by atoms with Gasteiger partial charge in [-0.2, -0.15) is 0 Å². The summed E-state index contributed by atoms with van der Waals surface area (Å²) in [5.41, 5.74) is 2.67. The third-order valence-electron chi connectivity index (χ3n) is 5.77. The molecule has 0 aliphatic carbocycles. The van der Waals surface area contributed by atoms with E-state index in [-0.39, 0.29) is 23.8 Å². The summed E-state index contributed by atoms with van der Waals surface area (Å²) in [6.45, 7) is 9.47. The maximum absolute atomic E-state index is 13.2. The zero-order valence-corrected chi connectivity index (χ0v) is 19.2. The summed E-state index contributed by atoms with van der Waals surface area (Å²) < 4.78 is 7.27. The normalized spacial score (nSPS) is 15.1. The van der Waals surface area contributed by atoms with Crippen molar-refractivity contribution in [2.24, 2.45) is 5.92 Å². The van der Waals surface area contributed by atoms with Crippen molar-refractivity contribution >= 4 is 34.2 Å². The zero-order valence-electron chi connectivity index (χ0n) is 18.4. The molecule has 164 valence electrons. The van der Waals surface area contributed by atoms with Gasteiger partial charge in [0.15, 0.2) is 0 Å². The molecule has 31 heavy (non-hydrogen) atoms. The SMILES string of the molecule is CCOC(=O)C1CCN(C(=O)c2sc(-c3cn(C(C)C)c4ncccc34)nc2C)CC1. The Morgan fingerprint density at radius 2 is 2.03 bits per heavy atom. The van der Waals surface area contributed by atoms with Gasteiger partial charge in [-0.1, -0.05) is 0 Å². The Hall–Kier alpha value is -2.74. The van der Waals surface area contributed by atoms with Gasteiger partial charge in [-0.15, -0.1) is 11.3 Å². The van der Waals surface area contributed by atoms with E-state index in [0.29, 0.717) is 37.4 Å². The third-order valence-corrected chi connectivity index (χ3v) is 6.95. The molecule has 0 spiro atoms. The molecule has 0 saturated carbocycles. The molecule has 1 amide bonds. The molecular formula is C23H28N4O3S. The van der Waals surface area contributed by atoms with E-state index < -0.39 is 0 Å². The fraction of sp³-hybridized carbons (Fsp3) is 0.478. The van der Waals surface area contributed by atoms with E-state index in [1.807, 2.05) is 24.8 Å². The number of hydrogen-bond acceptors (Lipinski definition) is 6. The van der Waals surface area contributed by atoms with Gasteiger partial charge in [0.1, 0.15) is 15.5 Å². The predicted octanol–water partition coefficient (Wildman–Crippen LogP) is 4.46. The first-order valence-corrected chi connectivity index (χ1v) is 11.6. The number of ether oxygens (including phenoxy) is 1. The lowest BCUT2D eigenvalue weighted by molar-refractivity contribution is -0.149. The molecule has 1 aliphatic rings. The number of fused-ring (bicyclic) bond motifs is 1. The van der Waals surface area contributed by atoms with Gasteiger partial charge in [0.2, 0.25) is 0 Å². The van der Waals surface area contributed by atoms with Crippen molar-refractivity contribution in [3.63, 3.8) is 0 Å². The predicted molar refractivity (Wildman–Crippen MR) is 121 cm³/mol. The fourth-order valence-electron chi connectivity index (χ4n) is 4.08. The third kappa shape index (κ3) is 4.08. The van der Waals surface area contributed by atoms with Gasteiger partial charge in [-0.3, -0.25) is 9.59 Å². The number of likely N-dealkylation sites (tertiary alicyclic amines) is 1. The van der Waals surface area contributed by atoms with E-state index in [4.69, 9.17) is 9.72 Å². The van der Waals surface area contributed by atoms with Crippen LogP contribution in [-0.2, 0) is 9.53 Å². The largest absolute Gasteiger partial charge is 0.466 e. The first-order chi connectivity index (χ1) is 14.9. The summed E-state index contributed by atoms with van der Waals surface area (Å²) in [4.78, 5) is 37.0. The summed E-state index contributed by atoms with van der Waals surface area (Å²) in [7, 11) is 0. The van der Waals surface area contributed by atoms with Gasteiger partial charge >= 0.3 is 5.97 Å². The molecule has 8 heteroatoms. The van der Waals surface area contributed by atoms with Crippen molar-refractivity contribution in [2.75, 3.05) is 19.7 Å². The maximum Gasteiger partial charge on any atom is 0.309 e. The quantitative estimate of drug-likeness (QED) is 0.547. The second kappa shape index (κ2) is 8.78. The highest BCUT2D eigenvalue weighted by atomic mass is 32.1. The molecule has 3 aromatic rings. The van der Waals surface area contributed by atoms with E-state index in [0.717, 1.165) is 27.3 Å². The minimum atomic E-state index is -0.152. The van der Waals surface area contributed by atoms with Crippen LogP contribution in [0.1, 0.15) is 55.0 Å². The first-order valence-electron chi connectivity index (χ1n) is 10.8. The summed E-state index contributed by atoms with van der Waals surface area (Å²) in [6, 6.07) is 4.25. The molecule has 7 nitrogen and oxygen atoms in total. The fourth-order valence-corrected chi connectivity index (χ4v) is 5.14. The summed E-state index contributed by atoms with van der Waals surface area (Å²) in [5.74, 6) is -0.271. The number of hydrogen-bond donors (Lipinski definition) is 0. The minimum Gasteiger partial charge on any atom is -0.466 e. The number of aromatic nitrogens is 3. The van der Waals surface area contributed by atoms with Gasteiger partial charge < -0.3 is 14.2 Å². The summed E-state index contributed by atoms with van der Waals surface area (Å²) >= 11 is 1.43. The van der Waals surface area contributed by atoms with E-state index >= 15 is 0 Å². The lowest BCUT2D eigenvalue weighted by Gasteiger charge is -2.30. The smallest absolute Gasteiger partial charge is 0.309 e. The second-order valence-electron chi connectivity index (χ2n) is 8.17. The Morgan fingerprint density at radius 3 is 2.71 bits per heavy atom. The lowest BCUT2D eigenvalue weighted by atomic mass is 9.97. The number of esters is 1. The second-order valence-corrected chi connectivity index (χ2v) is 9.17. The number of carbonyl (C=O) groups is 2. The number of aryl methyl sites for hydroxylation is 1. The number of rotatable bonds is 5. The van der Waals surface area contributed by atoms with Crippen molar-refractivity contribution in [3.8, 4) is 10.6 Å². The van der Waals surface area contributed by atoms with E-state index in [1.54, 1.807) is 6.20 Å². The number of piperidine rings is 1. The lowest BCUT2D eigenvalue weighted by Crippen LogP contribution is -2.40. The van der Waals surface area contributed by atoms with Crippen LogP contribution in [0.15, 0.2) is 24.5 Å². The van der Waals surface area contributed by atoms with Gasteiger partial charge in [-0.25, -0.2) is 9.97 Å². The minimum absolute atomic E-state index is 0.00529. The Labute approximate surface area is 186 Å². The van der Waals surface area contributed by atoms with E-state index in [9.17, 15) is 9.59 Å². The number of pyridine rings is 1. The standard InChI is InChI=1S/C23H28N4O3S/c1-5-30-23(29)16-8-11-26(12-9-16)22(28)19-15(4)25-21(31-19)18-13-27(14(2)3)20-17(18)7-6-10-24-20/h6-7,10,13-14,16H,5,8-9,11-12H2,1-4H3. The van der Waals surface area contributed by atoms with Crippen LogP contribution in [-0.4, -0.2) is 51.0 Å². The summed E-state index contributed by atoms with van der Waals surface area (Å²) in [5, 5.41) is 1.87. The molecular weight excluding hydrogens is 412 g/mol. The van der Waals surface area contributed by atoms with Crippen molar-refractivity contribution < 1.29 is 14.3 Å². The number of thiazole rings is 1.